The van der Waals surface area contributed by atoms with Gasteiger partial charge in [0.2, 0.25) is 11.5 Å². The van der Waals surface area contributed by atoms with E-state index in [0.717, 1.165) is 58.0 Å². The first-order valence-electron chi connectivity index (χ1n) is 12.4. The van der Waals surface area contributed by atoms with Gasteiger partial charge >= 0.3 is 5.97 Å². The van der Waals surface area contributed by atoms with E-state index in [9.17, 15) is 14.7 Å². The molecule has 9 heteroatoms. The van der Waals surface area contributed by atoms with Gasteiger partial charge in [0.1, 0.15) is 12.3 Å². The molecule has 4 aliphatic rings. The Balaban J connectivity index is 1.29. The van der Waals surface area contributed by atoms with E-state index in [-0.39, 0.29) is 42.1 Å². The van der Waals surface area contributed by atoms with Crippen LogP contribution >= 0.6 is 0 Å². The van der Waals surface area contributed by atoms with Crippen molar-refractivity contribution in [3.05, 3.63) is 42.6 Å². The summed E-state index contributed by atoms with van der Waals surface area (Å²) in [7, 11) is 0. The fraction of sp³-hybridized carbons (Fsp3) is 0.600. The third kappa shape index (κ3) is 4.46. The third-order valence-electron chi connectivity index (χ3n) is 8.00. The number of carbonyl (C=O) groups is 2. The van der Waals surface area contributed by atoms with E-state index in [1.165, 1.54) is 6.26 Å². The van der Waals surface area contributed by atoms with Crippen LogP contribution < -0.4 is 5.32 Å². The number of esters is 1. The Morgan fingerprint density at radius 3 is 2.53 bits per heavy atom. The molecule has 2 bridgehead atoms. The number of nitrogens with zero attached hydrogens (tertiary/aromatic N) is 3. The average Bonchev–Trinajstić information content (AvgIpc) is 3.40. The van der Waals surface area contributed by atoms with Crippen molar-refractivity contribution < 1.29 is 28.3 Å². The summed E-state index contributed by atoms with van der Waals surface area (Å²) in [5.41, 5.74) is -1.78. The van der Waals surface area contributed by atoms with Gasteiger partial charge in [-0.1, -0.05) is 19.3 Å². The molecule has 0 radical (unpaired) electrons. The summed E-state index contributed by atoms with van der Waals surface area (Å²) < 4.78 is 12.2. The van der Waals surface area contributed by atoms with Crippen molar-refractivity contribution in [3.8, 4) is 0 Å². The summed E-state index contributed by atoms with van der Waals surface area (Å²) in [5.74, 6) is -0.190. The van der Waals surface area contributed by atoms with Crippen molar-refractivity contribution in [3.63, 3.8) is 0 Å². The summed E-state index contributed by atoms with van der Waals surface area (Å²) >= 11 is 0. The second kappa shape index (κ2) is 9.46. The van der Waals surface area contributed by atoms with Crippen molar-refractivity contribution in [2.75, 3.05) is 31.5 Å². The summed E-state index contributed by atoms with van der Waals surface area (Å²) in [4.78, 5) is 34.4. The first-order valence-corrected chi connectivity index (χ1v) is 12.4. The van der Waals surface area contributed by atoms with Crippen molar-refractivity contribution in [2.24, 2.45) is 11.8 Å². The lowest BCUT2D eigenvalue weighted by Gasteiger charge is -2.51. The lowest BCUT2D eigenvalue weighted by atomic mass is 9.75. The van der Waals surface area contributed by atoms with Crippen LogP contribution in [0, 0.1) is 11.8 Å². The SMILES string of the molecule is O=C(C[N+]12CCC(CC1)[C@@H](OC(=O)C(O)(c1ccco1)C1CCCCC1)C2)Nc1ncccn1. The second-order valence-corrected chi connectivity index (χ2v) is 10.1. The number of ether oxygens (including phenoxy) is 1. The Labute approximate surface area is 199 Å². The zero-order chi connectivity index (χ0) is 23.6. The van der Waals surface area contributed by atoms with E-state index >= 15 is 0 Å². The standard InChI is InChI=1S/C25H32N4O5/c30-22(28-24-26-11-5-12-27-24)17-29-13-9-18(10-14-29)20(16-29)34-23(31)25(32,21-8-4-15-33-21)19-6-2-1-3-7-19/h4-5,8,11-12,15,18-20,32H,1-3,6-7,9-10,13-14,16-17H2/p+1/t18?,20-,25?,29?/m0/s1. The van der Waals surface area contributed by atoms with Gasteiger partial charge in [0.15, 0.2) is 12.6 Å². The maximum absolute atomic E-state index is 13.5. The Morgan fingerprint density at radius 1 is 1.12 bits per heavy atom. The number of hydrogen-bond acceptors (Lipinski definition) is 7. The minimum absolute atomic E-state index is 0.147. The summed E-state index contributed by atoms with van der Waals surface area (Å²) in [5, 5.41) is 14.5. The van der Waals surface area contributed by atoms with Crippen LogP contribution in [0.3, 0.4) is 0 Å². The number of amides is 1. The monoisotopic (exact) mass is 469 g/mol. The van der Waals surface area contributed by atoms with Crippen LogP contribution in [0.15, 0.2) is 41.3 Å². The fourth-order valence-corrected chi connectivity index (χ4v) is 6.12. The highest BCUT2D eigenvalue weighted by Gasteiger charge is 2.54. The van der Waals surface area contributed by atoms with Crippen LogP contribution in [-0.4, -0.2) is 63.7 Å². The van der Waals surface area contributed by atoms with Crippen molar-refractivity contribution in [1.82, 2.24) is 9.97 Å². The van der Waals surface area contributed by atoms with Crippen molar-refractivity contribution in [1.29, 1.82) is 0 Å². The fourth-order valence-electron chi connectivity index (χ4n) is 6.12. The molecule has 34 heavy (non-hydrogen) atoms. The highest BCUT2D eigenvalue weighted by molar-refractivity contribution is 5.89. The Morgan fingerprint density at radius 2 is 1.85 bits per heavy atom. The van der Waals surface area contributed by atoms with Crippen LogP contribution in [0.5, 0.6) is 0 Å². The minimum atomic E-state index is -1.78. The number of carbonyl (C=O) groups excluding carboxylic acids is 2. The van der Waals surface area contributed by atoms with Crippen LogP contribution in [0.2, 0.25) is 0 Å². The predicted molar refractivity (Wildman–Crippen MR) is 122 cm³/mol. The van der Waals surface area contributed by atoms with Gasteiger partial charge in [0, 0.05) is 37.1 Å². The third-order valence-corrected chi connectivity index (χ3v) is 8.00. The molecule has 2 N–H and O–H groups in total. The number of rotatable bonds is 7. The molecule has 0 aromatic carbocycles. The van der Waals surface area contributed by atoms with Gasteiger partial charge in [-0.15, -0.1) is 0 Å². The molecular formula is C25H33N4O5+. The average molecular weight is 470 g/mol. The predicted octanol–water partition coefficient (Wildman–Crippen LogP) is 2.63. The molecule has 3 aliphatic heterocycles. The smallest absolute Gasteiger partial charge is 0.346 e. The Hall–Kier alpha value is -2.78. The molecule has 3 saturated heterocycles. The van der Waals surface area contributed by atoms with E-state index in [0.29, 0.717) is 11.0 Å². The van der Waals surface area contributed by atoms with Gasteiger partial charge < -0.3 is 18.7 Å². The van der Waals surface area contributed by atoms with Gasteiger partial charge in [-0.3, -0.25) is 10.1 Å². The lowest BCUT2D eigenvalue weighted by Crippen LogP contribution is -2.66. The number of nitrogens with one attached hydrogen (secondary N) is 1. The molecule has 1 saturated carbocycles. The maximum atomic E-state index is 13.5. The normalized spacial score (nSPS) is 28.7. The van der Waals surface area contributed by atoms with Gasteiger partial charge in [-0.2, -0.15) is 0 Å². The van der Waals surface area contributed by atoms with Gasteiger partial charge in [0.05, 0.1) is 19.4 Å². The Kier molecular flexibility index (Phi) is 6.40. The molecule has 4 fully saturated rings. The van der Waals surface area contributed by atoms with E-state index in [1.807, 2.05) is 0 Å². The molecule has 2 aromatic heterocycles. The highest BCUT2D eigenvalue weighted by Crippen LogP contribution is 2.42. The first kappa shape index (κ1) is 23.0. The van der Waals surface area contributed by atoms with E-state index < -0.39 is 11.6 Å². The molecule has 1 amide bonds. The van der Waals surface area contributed by atoms with E-state index in [4.69, 9.17) is 9.15 Å². The van der Waals surface area contributed by atoms with Gasteiger partial charge in [-0.05, 0) is 31.0 Å². The topological polar surface area (TPSA) is 115 Å². The zero-order valence-corrected chi connectivity index (χ0v) is 19.4. The van der Waals surface area contributed by atoms with Crippen LogP contribution in [0.25, 0.3) is 0 Å². The molecule has 6 rings (SSSR count). The summed E-state index contributed by atoms with van der Waals surface area (Å²) in [6, 6.07) is 5.05. The lowest BCUT2D eigenvalue weighted by molar-refractivity contribution is -0.939. The molecule has 182 valence electrons. The number of furan rings is 1. The van der Waals surface area contributed by atoms with Gasteiger partial charge in [0.25, 0.3) is 5.91 Å². The molecule has 9 nitrogen and oxygen atoms in total. The molecule has 2 aromatic rings. The number of quaternary nitrogens is 1. The molecule has 1 unspecified atom stereocenters. The molecule has 0 spiro atoms. The minimum Gasteiger partial charge on any atom is -0.466 e. The number of anilines is 1. The van der Waals surface area contributed by atoms with Gasteiger partial charge in [-0.25, -0.2) is 14.8 Å². The van der Waals surface area contributed by atoms with Crippen LogP contribution in [0.1, 0.15) is 50.7 Å². The highest BCUT2D eigenvalue weighted by atomic mass is 16.6. The van der Waals surface area contributed by atoms with Crippen LogP contribution in [-0.2, 0) is 19.9 Å². The Bertz CT molecular complexity index is 984. The number of aliphatic hydroxyl groups is 1. The number of aromatic nitrogens is 2. The molecule has 1 aliphatic carbocycles. The summed E-state index contributed by atoms with van der Waals surface area (Å²) in [6.07, 6.45) is 10.7. The number of piperidine rings is 3. The van der Waals surface area contributed by atoms with E-state index in [2.05, 4.69) is 15.3 Å². The quantitative estimate of drug-likeness (QED) is 0.473. The number of hydrogen-bond donors (Lipinski definition) is 2. The molecule has 2 atom stereocenters. The zero-order valence-electron chi connectivity index (χ0n) is 19.4. The second-order valence-electron chi connectivity index (χ2n) is 10.1. The van der Waals surface area contributed by atoms with E-state index in [1.54, 1.807) is 30.6 Å². The molecule has 5 heterocycles. The van der Waals surface area contributed by atoms with Crippen molar-refractivity contribution >= 4 is 17.8 Å². The maximum Gasteiger partial charge on any atom is 0.346 e. The number of fused-ring (bicyclic) bond motifs is 3. The van der Waals surface area contributed by atoms with Crippen molar-refractivity contribution in [2.45, 2.75) is 56.7 Å². The van der Waals surface area contributed by atoms with Crippen LogP contribution in [0.4, 0.5) is 5.95 Å². The molecular weight excluding hydrogens is 436 g/mol. The first-order chi connectivity index (χ1) is 16.5. The summed E-state index contributed by atoms with van der Waals surface area (Å²) in [6.45, 7) is 2.59. The largest absolute Gasteiger partial charge is 0.466 e.